The van der Waals surface area contributed by atoms with Crippen molar-refractivity contribution in [2.45, 2.75) is 134 Å². The molecule has 0 aromatic carbocycles. The van der Waals surface area contributed by atoms with Crippen molar-refractivity contribution in [1.82, 2.24) is 21.3 Å². The van der Waals surface area contributed by atoms with E-state index in [1.807, 2.05) is 27.7 Å². The number of amides is 3. The summed E-state index contributed by atoms with van der Waals surface area (Å²) in [5.74, 6) is -1.97. The molecule has 1 aliphatic heterocycles. The van der Waals surface area contributed by atoms with Gasteiger partial charge in [-0.2, -0.15) is 0 Å². The van der Waals surface area contributed by atoms with Crippen molar-refractivity contribution in [2.75, 3.05) is 26.4 Å². The van der Waals surface area contributed by atoms with Gasteiger partial charge in [-0.05, 0) is 61.3 Å². The number of rotatable bonds is 19. The summed E-state index contributed by atoms with van der Waals surface area (Å²) < 4.78 is 22.8. The molecule has 1 heterocycles. The number of aliphatic hydroxyl groups excluding tert-OH is 3. The lowest BCUT2D eigenvalue weighted by molar-refractivity contribution is -0.200. The second-order valence-corrected chi connectivity index (χ2v) is 13.8. The summed E-state index contributed by atoms with van der Waals surface area (Å²) in [4.78, 5) is 48.5. The zero-order valence-corrected chi connectivity index (χ0v) is 28.9. The number of alkyl carbamates (subject to hydrolysis) is 1. The fraction of sp³-hybridized carbons (Fsp3) is 0.806. The zero-order valence-electron chi connectivity index (χ0n) is 28.9. The third-order valence-electron chi connectivity index (χ3n) is 7.13. The molecular weight excluding hydrogens is 620 g/mol. The monoisotopic (exact) mass is 676 g/mol. The predicted octanol–water partition coefficient (Wildman–Crippen LogP) is 0.278. The highest BCUT2D eigenvalue weighted by Gasteiger charge is 2.45. The highest BCUT2D eigenvalue weighted by molar-refractivity contribution is 5.86. The van der Waals surface area contributed by atoms with E-state index >= 15 is 0 Å². The number of hydrogen-bond donors (Lipinski definition) is 8. The summed E-state index contributed by atoms with van der Waals surface area (Å²) in [6.45, 7) is 17.5. The van der Waals surface area contributed by atoms with Crippen LogP contribution in [0.15, 0.2) is 12.3 Å². The van der Waals surface area contributed by atoms with Gasteiger partial charge in [-0.25, -0.2) is 4.79 Å². The van der Waals surface area contributed by atoms with Crippen LogP contribution < -0.4 is 21.3 Å². The van der Waals surface area contributed by atoms with Crippen LogP contribution >= 0.6 is 0 Å². The average Bonchev–Trinajstić information content (AvgIpc) is 2.92. The summed E-state index contributed by atoms with van der Waals surface area (Å²) >= 11 is 0. The van der Waals surface area contributed by atoms with Crippen LogP contribution in [0.25, 0.3) is 0 Å². The standard InChI is InChI=1S/C31H56N4O12/c1-18(33-27-23(34-19(2)37)25(41)24(40)21(17-36)46-27)16-20(35-28(43)47-29(3,4)5)26(42)32-13-15-45-31(8,9)12-14-44-30(6,7)11-10-22(38)39/h20-21,23-25,27,33,36,40-41H,1,10-17H2,2-9H3,(H,32,42)(H,34,37)(H,35,43)(H,38,39)/t20-,21?,23?,24?,25?,27?/m0/s1. The molecule has 1 saturated heterocycles. The number of carboxylic acids is 1. The van der Waals surface area contributed by atoms with Gasteiger partial charge in [0.05, 0.1) is 31.0 Å². The number of ether oxygens (including phenoxy) is 4. The van der Waals surface area contributed by atoms with E-state index in [2.05, 4.69) is 27.8 Å². The molecule has 272 valence electrons. The highest BCUT2D eigenvalue weighted by atomic mass is 16.6. The van der Waals surface area contributed by atoms with Crippen LogP contribution in [0.3, 0.4) is 0 Å². The SMILES string of the molecule is C=C(C[C@H](NC(=O)OC(C)(C)C)C(=O)NCCOC(C)(C)CCOC(C)(C)CCC(=O)O)NC1OC(CO)C(O)C(O)C1NC(C)=O. The van der Waals surface area contributed by atoms with E-state index in [1.165, 1.54) is 6.92 Å². The van der Waals surface area contributed by atoms with Gasteiger partial charge in [-0.3, -0.25) is 14.4 Å². The Morgan fingerprint density at radius 1 is 0.915 bits per heavy atom. The van der Waals surface area contributed by atoms with E-state index in [0.717, 1.165) is 0 Å². The number of aliphatic carboxylic acids is 1. The van der Waals surface area contributed by atoms with E-state index in [4.69, 9.17) is 24.1 Å². The second-order valence-electron chi connectivity index (χ2n) is 13.8. The molecule has 16 nitrogen and oxygen atoms in total. The van der Waals surface area contributed by atoms with Crippen molar-refractivity contribution in [3.05, 3.63) is 12.3 Å². The first-order valence-corrected chi connectivity index (χ1v) is 15.7. The average molecular weight is 677 g/mol. The summed E-state index contributed by atoms with van der Waals surface area (Å²) in [6.07, 6.45) is -5.42. The Morgan fingerprint density at radius 3 is 2.06 bits per heavy atom. The van der Waals surface area contributed by atoms with E-state index in [-0.39, 0.29) is 31.7 Å². The van der Waals surface area contributed by atoms with E-state index in [9.17, 15) is 34.5 Å². The molecule has 0 bridgehead atoms. The van der Waals surface area contributed by atoms with Gasteiger partial charge in [0, 0.05) is 32.0 Å². The minimum absolute atomic E-state index is 0.00314. The molecule has 0 radical (unpaired) electrons. The summed E-state index contributed by atoms with van der Waals surface area (Å²) in [5, 5.41) is 50.0. The number of hydrogen-bond acceptors (Lipinski definition) is 12. The molecule has 0 aromatic heterocycles. The molecule has 16 heteroatoms. The van der Waals surface area contributed by atoms with Crippen LogP contribution in [0.2, 0.25) is 0 Å². The van der Waals surface area contributed by atoms with Crippen molar-refractivity contribution in [2.24, 2.45) is 0 Å². The third kappa shape index (κ3) is 16.6. The largest absolute Gasteiger partial charge is 0.481 e. The van der Waals surface area contributed by atoms with Crippen LogP contribution in [-0.4, -0.2) is 124 Å². The Bertz CT molecular complexity index is 1060. The van der Waals surface area contributed by atoms with E-state index in [0.29, 0.717) is 19.4 Å². The molecule has 1 rings (SSSR count). The lowest BCUT2D eigenvalue weighted by Gasteiger charge is -2.43. The first kappa shape index (κ1) is 42.0. The number of aliphatic hydroxyl groups is 3. The molecule has 0 aliphatic carbocycles. The smallest absolute Gasteiger partial charge is 0.408 e. The Kier molecular flexibility index (Phi) is 16.5. The molecule has 47 heavy (non-hydrogen) atoms. The Morgan fingerprint density at radius 2 is 1.51 bits per heavy atom. The van der Waals surface area contributed by atoms with Gasteiger partial charge in [0.1, 0.15) is 36.0 Å². The fourth-order valence-electron chi connectivity index (χ4n) is 4.55. The quantitative estimate of drug-likeness (QED) is 0.0860. The molecule has 5 unspecified atom stereocenters. The van der Waals surface area contributed by atoms with Crippen LogP contribution in [0.1, 0.15) is 81.1 Å². The normalized spacial score (nSPS) is 22.5. The van der Waals surface area contributed by atoms with Gasteiger partial charge in [0.15, 0.2) is 6.23 Å². The van der Waals surface area contributed by atoms with Crippen molar-refractivity contribution in [1.29, 1.82) is 0 Å². The van der Waals surface area contributed by atoms with Crippen molar-refractivity contribution >= 4 is 23.9 Å². The molecular formula is C31H56N4O12. The zero-order chi connectivity index (χ0) is 36.2. The summed E-state index contributed by atoms with van der Waals surface area (Å²) in [7, 11) is 0. The molecule has 0 spiro atoms. The van der Waals surface area contributed by atoms with Gasteiger partial charge in [0.2, 0.25) is 11.8 Å². The first-order valence-electron chi connectivity index (χ1n) is 15.7. The molecule has 3 amide bonds. The third-order valence-corrected chi connectivity index (χ3v) is 7.13. The van der Waals surface area contributed by atoms with E-state index < -0.39 is 83.9 Å². The molecule has 6 atom stereocenters. The maximum Gasteiger partial charge on any atom is 0.408 e. The molecule has 1 fully saturated rings. The maximum absolute atomic E-state index is 13.2. The molecule has 0 aromatic rings. The number of carboxylic acid groups (broad SMARTS) is 1. The Labute approximate surface area is 276 Å². The maximum atomic E-state index is 13.2. The minimum atomic E-state index is -1.49. The summed E-state index contributed by atoms with van der Waals surface area (Å²) in [5.41, 5.74) is -1.89. The molecule has 1 aliphatic rings. The Hall–Kier alpha value is -3.02. The van der Waals surface area contributed by atoms with Gasteiger partial charge >= 0.3 is 12.1 Å². The second kappa shape index (κ2) is 18.5. The van der Waals surface area contributed by atoms with Gasteiger partial charge in [-0.1, -0.05) is 6.58 Å². The number of nitrogens with one attached hydrogen (secondary N) is 4. The van der Waals surface area contributed by atoms with Gasteiger partial charge in [-0.15, -0.1) is 0 Å². The first-order chi connectivity index (χ1) is 21.6. The van der Waals surface area contributed by atoms with Gasteiger partial charge < -0.3 is 60.6 Å². The number of carbonyl (C=O) groups is 4. The predicted molar refractivity (Wildman–Crippen MR) is 170 cm³/mol. The Balaban J connectivity index is 2.83. The topological polar surface area (TPSA) is 234 Å². The van der Waals surface area contributed by atoms with Crippen LogP contribution in [0.5, 0.6) is 0 Å². The molecule has 0 saturated carbocycles. The summed E-state index contributed by atoms with van der Waals surface area (Å²) in [6, 6.07) is -2.30. The van der Waals surface area contributed by atoms with Crippen molar-refractivity contribution in [3.8, 4) is 0 Å². The fourth-order valence-corrected chi connectivity index (χ4v) is 4.55. The van der Waals surface area contributed by atoms with Crippen LogP contribution in [0, 0.1) is 0 Å². The van der Waals surface area contributed by atoms with E-state index in [1.54, 1.807) is 20.8 Å². The molecule has 8 N–H and O–H groups in total. The van der Waals surface area contributed by atoms with Gasteiger partial charge in [0.25, 0.3) is 0 Å². The van der Waals surface area contributed by atoms with Crippen LogP contribution in [-0.2, 0) is 33.3 Å². The van der Waals surface area contributed by atoms with Crippen molar-refractivity contribution < 1.29 is 58.6 Å². The minimum Gasteiger partial charge on any atom is -0.481 e. The van der Waals surface area contributed by atoms with Crippen LogP contribution in [0.4, 0.5) is 4.79 Å². The number of carbonyl (C=O) groups excluding carboxylic acids is 3. The lowest BCUT2D eigenvalue weighted by Crippen LogP contribution is -2.67. The highest BCUT2D eigenvalue weighted by Crippen LogP contribution is 2.22. The lowest BCUT2D eigenvalue weighted by atomic mass is 9.95. The van der Waals surface area contributed by atoms with Crippen molar-refractivity contribution in [3.63, 3.8) is 0 Å².